The summed E-state index contributed by atoms with van der Waals surface area (Å²) < 4.78 is 45.6. The summed E-state index contributed by atoms with van der Waals surface area (Å²) in [7, 11) is 1.63. The molecule has 2 aromatic carbocycles. The number of hydrogen-bond acceptors (Lipinski definition) is 4. The van der Waals surface area contributed by atoms with Crippen molar-refractivity contribution >= 4 is 28.9 Å². The second-order valence-corrected chi connectivity index (χ2v) is 8.69. The SMILES string of the molecule is COc1cccc(CCCCN2C(=S)N(c3ccc(C#N)c(C(F)(F)F)c3)C(=N)C2(C)C)c1. The Morgan fingerprint density at radius 3 is 2.52 bits per heavy atom. The highest BCUT2D eigenvalue weighted by Crippen LogP contribution is 2.38. The zero-order chi connectivity index (χ0) is 24.4. The molecule has 1 N–H and O–H groups in total. The van der Waals surface area contributed by atoms with Gasteiger partial charge in [-0.3, -0.25) is 10.3 Å². The van der Waals surface area contributed by atoms with Crippen molar-refractivity contribution in [2.75, 3.05) is 18.6 Å². The summed E-state index contributed by atoms with van der Waals surface area (Å²) in [6.45, 7) is 4.23. The molecule has 0 aromatic heterocycles. The van der Waals surface area contributed by atoms with E-state index in [1.807, 2.05) is 43.0 Å². The number of thiocarbonyl (C=S) groups is 1. The molecule has 1 fully saturated rings. The average molecular weight is 475 g/mol. The topological polar surface area (TPSA) is 63.4 Å². The number of benzene rings is 2. The Labute approximate surface area is 196 Å². The Kier molecular flexibility index (Phi) is 6.98. The predicted octanol–water partition coefficient (Wildman–Crippen LogP) is 5.77. The first-order chi connectivity index (χ1) is 15.5. The van der Waals surface area contributed by atoms with E-state index in [-0.39, 0.29) is 16.6 Å². The van der Waals surface area contributed by atoms with Crippen LogP contribution in [0, 0.1) is 16.7 Å². The lowest BCUT2D eigenvalue weighted by Gasteiger charge is -2.30. The quantitative estimate of drug-likeness (QED) is 0.408. The van der Waals surface area contributed by atoms with Crippen LogP contribution in [0.2, 0.25) is 0 Å². The summed E-state index contributed by atoms with van der Waals surface area (Å²) >= 11 is 5.59. The van der Waals surface area contributed by atoms with Crippen LogP contribution in [0.3, 0.4) is 0 Å². The minimum atomic E-state index is -4.68. The Morgan fingerprint density at radius 2 is 1.88 bits per heavy atom. The van der Waals surface area contributed by atoms with Gasteiger partial charge in [0.15, 0.2) is 5.11 Å². The molecular formula is C24H25F3N4OS. The Morgan fingerprint density at radius 1 is 1.15 bits per heavy atom. The van der Waals surface area contributed by atoms with E-state index in [1.54, 1.807) is 13.2 Å². The summed E-state index contributed by atoms with van der Waals surface area (Å²) in [6.07, 6.45) is -2.16. The van der Waals surface area contributed by atoms with Gasteiger partial charge < -0.3 is 9.64 Å². The normalized spacial score (nSPS) is 15.7. The van der Waals surface area contributed by atoms with E-state index < -0.39 is 22.8 Å². The number of methoxy groups -OCH3 is 1. The van der Waals surface area contributed by atoms with Gasteiger partial charge in [-0.15, -0.1) is 0 Å². The molecule has 3 rings (SSSR count). The molecule has 0 radical (unpaired) electrons. The molecule has 0 bridgehead atoms. The number of ether oxygens (including phenoxy) is 1. The van der Waals surface area contributed by atoms with E-state index in [1.165, 1.54) is 11.0 Å². The van der Waals surface area contributed by atoms with Crippen LogP contribution in [0.15, 0.2) is 42.5 Å². The lowest BCUT2D eigenvalue weighted by Crippen LogP contribution is -2.44. The number of anilines is 1. The van der Waals surface area contributed by atoms with Crippen LogP contribution in [-0.4, -0.2) is 35.0 Å². The molecule has 0 amide bonds. The summed E-state index contributed by atoms with van der Waals surface area (Å²) in [4.78, 5) is 3.23. The molecule has 2 aromatic rings. The number of hydrogen-bond donors (Lipinski definition) is 1. The zero-order valence-corrected chi connectivity index (χ0v) is 19.5. The maximum absolute atomic E-state index is 13.4. The van der Waals surface area contributed by atoms with Crippen molar-refractivity contribution in [3.8, 4) is 11.8 Å². The lowest BCUT2D eigenvalue weighted by atomic mass is 10.0. The molecule has 174 valence electrons. The number of nitrogens with zero attached hydrogens (tertiary/aromatic N) is 3. The molecule has 0 spiro atoms. The van der Waals surface area contributed by atoms with Gasteiger partial charge in [-0.25, -0.2) is 0 Å². The summed E-state index contributed by atoms with van der Waals surface area (Å²) in [5.41, 5.74) is -0.990. The molecule has 5 nitrogen and oxygen atoms in total. The van der Waals surface area contributed by atoms with Crippen LogP contribution in [0.1, 0.15) is 43.4 Å². The molecule has 0 aliphatic carbocycles. The standard InChI is InChI=1S/C24H25F3N4OS/c1-23(2)21(29)31(18-11-10-17(15-28)20(14-18)24(25,26)27)22(33)30(23)12-5-4-7-16-8-6-9-19(13-16)32-3/h6,8-11,13-14,29H,4-5,7,12H2,1-3H3. The number of nitrogens with one attached hydrogen (secondary N) is 1. The summed E-state index contributed by atoms with van der Waals surface area (Å²) in [5, 5.41) is 18.0. The zero-order valence-electron chi connectivity index (χ0n) is 18.7. The molecule has 0 atom stereocenters. The Hall–Kier alpha value is -3.12. The van der Waals surface area contributed by atoms with E-state index in [9.17, 15) is 13.2 Å². The molecule has 1 heterocycles. The highest BCUT2D eigenvalue weighted by molar-refractivity contribution is 7.80. The largest absolute Gasteiger partial charge is 0.497 e. The van der Waals surface area contributed by atoms with Crippen LogP contribution in [0.5, 0.6) is 5.75 Å². The van der Waals surface area contributed by atoms with Crippen molar-refractivity contribution in [3.63, 3.8) is 0 Å². The van der Waals surface area contributed by atoms with Crippen molar-refractivity contribution in [3.05, 3.63) is 59.2 Å². The number of amidine groups is 1. The molecule has 9 heteroatoms. The van der Waals surface area contributed by atoms with Gasteiger partial charge in [0.05, 0.1) is 35.5 Å². The fraction of sp³-hybridized carbons (Fsp3) is 0.375. The van der Waals surface area contributed by atoms with Crippen LogP contribution in [-0.2, 0) is 12.6 Å². The van der Waals surface area contributed by atoms with E-state index in [0.717, 1.165) is 42.7 Å². The maximum Gasteiger partial charge on any atom is 0.417 e. The number of rotatable bonds is 7. The summed E-state index contributed by atoms with van der Waals surface area (Å²) in [5.74, 6) is 0.900. The monoisotopic (exact) mass is 474 g/mol. The highest BCUT2D eigenvalue weighted by Gasteiger charge is 2.46. The number of alkyl halides is 3. The van der Waals surface area contributed by atoms with Gasteiger partial charge in [0.2, 0.25) is 0 Å². The van der Waals surface area contributed by atoms with Gasteiger partial charge >= 0.3 is 6.18 Å². The van der Waals surface area contributed by atoms with E-state index in [2.05, 4.69) is 0 Å². The van der Waals surface area contributed by atoms with Crippen LogP contribution < -0.4 is 9.64 Å². The second kappa shape index (κ2) is 9.40. The molecule has 0 saturated carbocycles. The van der Waals surface area contributed by atoms with E-state index in [4.69, 9.17) is 27.6 Å². The van der Waals surface area contributed by atoms with E-state index >= 15 is 0 Å². The fourth-order valence-electron chi connectivity index (χ4n) is 3.90. The molecule has 1 aliphatic heterocycles. The maximum atomic E-state index is 13.4. The van der Waals surface area contributed by atoms with Gasteiger partial charge in [0.1, 0.15) is 11.6 Å². The third-order valence-corrected chi connectivity index (χ3v) is 6.22. The minimum Gasteiger partial charge on any atom is -0.497 e. The average Bonchev–Trinajstić information content (AvgIpc) is 2.94. The second-order valence-electron chi connectivity index (χ2n) is 8.33. The van der Waals surface area contributed by atoms with Crippen molar-refractivity contribution in [2.45, 2.75) is 44.8 Å². The third-order valence-electron chi connectivity index (χ3n) is 5.82. The number of unbranched alkanes of at least 4 members (excludes halogenated alkanes) is 1. The van der Waals surface area contributed by atoms with Gasteiger partial charge in [0, 0.05) is 6.54 Å². The predicted molar refractivity (Wildman–Crippen MR) is 126 cm³/mol. The lowest BCUT2D eigenvalue weighted by molar-refractivity contribution is -0.137. The smallest absolute Gasteiger partial charge is 0.417 e. The Bertz CT molecular complexity index is 1110. The van der Waals surface area contributed by atoms with Crippen LogP contribution >= 0.6 is 12.2 Å². The number of nitriles is 1. The molecular weight excluding hydrogens is 449 g/mol. The van der Waals surface area contributed by atoms with Gasteiger partial charge in [-0.1, -0.05) is 12.1 Å². The number of aryl methyl sites for hydroxylation is 1. The van der Waals surface area contributed by atoms with E-state index in [0.29, 0.717) is 6.54 Å². The number of halogens is 3. The van der Waals surface area contributed by atoms with Crippen molar-refractivity contribution < 1.29 is 17.9 Å². The van der Waals surface area contributed by atoms with Crippen molar-refractivity contribution in [1.82, 2.24) is 4.90 Å². The Balaban J connectivity index is 1.75. The highest BCUT2D eigenvalue weighted by atomic mass is 32.1. The molecule has 0 unspecified atom stereocenters. The van der Waals surface area contributed by atoms with Gasteiger partial charge in [0.25, 0.3) is 0 Å². The molecule has 33 heavy (non-hydrogen) atoms. The van der Waals surface area contributed by atoms with Crippen molar-refractivity contribution in [2.24, 2.45) is 0 Å². The van der Waals surface area contributed by atoms with Crippen molar-refractivity contribution in [1.29, 1.82) is 10.7 Å². The first-order valence-electron chi connectivity index (χ1n) is 10.5. The minimum absolute atomic E-state index is 0.0955. The fourth-order valence-corrected chi connectivity index (χ4v) is 4.42. The third kappa shape index (κ3) is 4.96. The molecule has 1 aliphatic rings. The molecule has 1 saturated heterocycles. The van der Waals surface area contributed by atoms with Gasteiger partial charge in [-0.05, 0) is 81.2 Å². The first kappa shape index (κ1) is 24.5. The van der Waals surface area contributed by atoms with Gasteiger partial charge in [-0.2, -0.15) is 18.4 Å². The van der Waals surface area contributed by atoms with Crippen LogP contribution in [0.25, 0.3) is 0 Å². The first-order valence-corrected chi connectivity index (χ1v) is 10.9. The summed E-state index contributed by atoms with van der Waals surface area (Å²) in [6, 6.07) is 12.9. The van der Waals surface area contributed by atoms with Crippen LogP contribution in [0.4, 0.5) is 18.9 Å².